The van der Waals surface area contributed by atoms with Crippen LogP contribution in [0.2, 0.25) is 0 Å². The van der Waals surface area contributed by atoms with Crippen molar-refractivity contribution in [3.63, 3.8) is 0 Å². The van der Waals surface area contributed by atoms with Crippen LogP contribution in [0.1, 0.15) is 78.4 Å². The lowest BCUT2D eigenvalue weighted by molar-refractivity contribution is 0.424. The first-order chi connectivity index (χ1) is 11.3. The molecule has 2 unspecified atom stereocenters. The van der Waals surface area contributed by atoms with Gasteiger partial charge in [0.15, 0.2) is 0 Å². The summed E-state index contributed by atoms with van der Waals surface area (Å²) in [7, 11) is 0. The summed E-state index contributed by atoms with van der Waals surface area (Å²) in [6.07, 6.45) is 6.88. The maximum absolute atomic E-state index is 4.18. The van der Waals surface area contributed by atoms with Crippen molar-refractivity contribution in [2.45, 2.75) is 67.2 Å². The smallest absolute Gasteiger partial charge is 0.0193 e. The zero-order valence-electron chi connectivity index (χ0n) is 16.8. The van der Waals surface area contributed by atoms with Gasteiger partial charge in [0.05, 0.1) is 0 Å². The largest absolute Gasteiger partial charge is 0.0955 e. The highest BCUT2D eigenvalue weighted by Crippen LogP contribution is 2.27. The molecule has 0 aliphatic carbocycles. The highest BCUT2D eigenvalue weighted by molar-refractivity contribution is 5.73. The summed E-state index contributed by atoms with van der Waals surface area (Å²) in [6.45, 7) is 19.9. The minimum atomic E-state index is 0.626. The van der Waals surface area contributed by atoms with Gasteiger partial charge in [-0.2, -0.15) is 0 Å². The van der Waals surface area contributed by atoms with Gasteiger partial charge in [0, 0.05) is 0 Å². The minimum Gasteiger partial charge on any atom is -0.0955 e. The Morgan fingerprint density at radius 2 is 1.62 bits per heavy atom. The van der Waals surface area contributed by atoms with Gasteiger partial charge in [0.1, 0.15) is 0 Å². The monoisotopic (exact) mass is 324 g/mol. The average Bonchev–Trinajstić information content (AvgIpc) is 2.56. The van der Waals surface area contributed by atoms with Gasteiger partial charge in [-0.25, -0.2) is 0 Å². The Labute approximate surface area is 150 Å². The molecular formula is C24H36. The van der Waals surface area contributed by atoms with Crippen LogP contribution in [0.15, 0.2) is 54.1 Å². The lowest BCUT2D eigenvalue weighted by Gasteiger charge is -2.14. The van der Waals surface area contributed by atoms with Gasteiger partial charge in [0.2, 0.25) is 0 Å². The Morgan fingerprint density at radius 3 is 2.08 bits per heavy atom. The van der Waals surface area contributed by atoms with Gasteiger partial charge in [0.25, 0.3) is 0 Å². The molecule has 0 heterocycles. The van der Waals surface area contributed by atoms with Gasteiger partial charge in [-0.1, -0.05) is 83.2 Å². The molecule has 1 rings (SSSR count). The molecule has 1 aromatic carbocycles. The molecule has 0 nitrogen and oxygen atoms in total. The maximum Gasteiger partial charge on any atom is -0.0193 e. The van der Waals surface area contributed by atoms with Gasteiger partial charge in [-0.3, -0.25) is 0 Å². The molecule has 0 saturated heterocycles. The molecule has 0 heteroatoms. The van der Waals surface area contributed by atoms with Crippen LogP contribution >= 0.6 is 0 Å². The fourth-order valence-corrected chi connectivity index (χ4v) is 2.71. The molecule has 24 heavy (non-hydrogen) atoms. The highest BCUT2D eigenvalue weighted by Gasteiger charge is 2.07. The molecule has 0 aliphatic rings. The first kappa shape index (κ1) is 20.5. The Kier molecular flexibility index (Phi) is 8.25. The highest BCUT2D eigenvalue weighted by atomic mass is 14.1. The number of hydrogen-bond acceptors (Lipinski definition) is 0. The van der Waals surface area contributed by atoms with E-state index in [9.17, 15) is 0 Å². The van der Waals surface area contributed by atoms with Crippen LogP contribution in [0.3, 0.4) is 0 Å². The van der Waals surface area contributed by atoms with Crippen molar-refractivity contribution in [1.29, 1.82) is 0 Å². The van der Waals surface area contributed by atoms with Crippen molar-refractivity contribution in [3.8, 4) is 0 Å². The zero-order valence-corrected chi connectivity index (χ0v) is 16.8. The molecule has 0 saturated carbocycles. The van der Waals surface area contributed by atoms with Crippen molar-refractivity contribution in [3.05, 3.63) is 65.3 Å². The third-order valence-corrected chi connectivity index (χ3v) is 5.32. The summed E-state index contributed by atoms with van der Waals surface area (Å²) >= 11 is 0. The van der Waals surface area contributed by atoms with Crippen molar-refractivity contribution in [2.75, 3.05) is 0 Å². The Bertz CT molecular complexity index is 581. The van der Waals surface area contributed by atoms with Gasteiger partial charge < -0.3 is 0 Å². The second kappa shape index (κ2) is 9.67. The summed E-state index contributed by atoms with van der Waals surface area (Å²) < 4.78 is 0. The van der Waals surface area contributed by atoms with Crippen LogP contribution in [0, 0.1) is 11.8 Å². The first-order valence-corrected chi connectivity index (χ1v) is 9.41. The van der Waals surface area contributed by atoms with Crippen LogP contribution in [0.5, 0.6) is 0 Å². The Morgan fingerprint density at radius 1 is 1.04 bits per heavy atom. The fourth-order valence-electron chi connectivity index (χ4n) is 2.71. The molecular weight excluding hydrogens is 288 g/mol. The fraction of sp³-hybridized carbons (Fsp3) is 0.500. The van der Waals surface area contributed by atoms with Gasteiger partial charge >= 0.3 is 0 Å². The summed E-state index contributed by atoms with van der Waals surface area (Å²) in [6, 6.07) is 9.05. The van der Waals surface area contributed by atoms with Crippen LogP contribution < -0.4 is 0 Å². The summed E-state index contributed by atoms with van der Waals surface area (Å²) in [4.78, 5) is 0. The van der Waals surface area contributed by atoms with Crippen LogP contribution in [-0.2, 0) is 0 Å². The second-order valence-corrected chi connectivity index (χ2v) is 7.61. The number of allylic oxidation sites excluding steroid dienone is 5. The number of hydrogen-bond donors (Lipinski definition) is 0. The maximum atomic E-state index is 4.18. The molecule has 0 fully saturated rings. The molecule has 0 aliphatic heterocycles. The lowest BCUT2D eigenvalue weighted by Crippen LogP contribution is -2.01. The standard InChI is InChI=1S/C24H36/c1-9-19(6)22-13-15-23(16-14-22)21(8)24(18(4)5)12-10-11-20(7)17(2)3/h10,12-17,19-20H,4,9,11H2,1-3,5-8H3. The van der Waals surface area contributed by atoms with E-state index < -0.39 is 0 Å². The summed E-state index contributed by atoms with van der Waals surface area (Å²) in [5.74, 6) is 2.06. The van der Waals surface area contributed by atoms with E-state index in [1.807, 2.05) is 0 Å². The van der Waals surface area contributed by atoms with Gasteiger partial charge in [-0.05, 0) is 66.7 Å². The molecule has 0 N–H and O–H groups in total. The molecule has 0 amide bonds. The zero-order chi connectivity index (χ0) is 18.3. The SMILES string of the molecule is C=C(C)C(C=CCC(C)C(C)C)=C(C)c1ccc(C(C)CC)cc1. The van der Waals surface area contributed by atoms with Crippen molar-refractivity contribution < 1.29 is 0 Å². The van der Waals surface area contributed by atoms with Crippen molar-refractivity contribution in [1.82, 2.24) is 0 Å². The topological polar surface area (TPSA) is 0 Å². The van der Waals surface area contributed by atoms with Crippen LogP contribution in [-0.4, -0.2) is 0 Å². The van der Waals surface area contributed by atoms with E-state index >= 15 is 0 Å². The van der Waals surface area contributed by atoms with Crippen LogP contribution in [0.25, 0.3) is 5.57 Å². The predicted octanol–water partition coefficient (Wildman–Crippen LogP) is 7.79. The summed E-state index contributed by atoms with van der Waals surface area (Å²) in [5.41, 5.74) is 6.43. The predicted molar refractivity (Wildman–Crippen MR) is 110 cm³/mol. The quantitative estimate of drug-likeness (QED) is 0.428. The molecule has 0 aromatic heterocycles. The van der Waals surface area contributed by atoms with Crippen molar-refractivity contribution in [2.24, 2.45) is 11.8 Å². The molecule has 0 bridgehead atoms. The third kappa shape index (κ3) is 5.82. The van der Waals surface area contributed by atoms with E-state index in [1.165, 1.54) is 28.7 Å². The molecule has 1 aromatic rings. The average molecular weight is 325 g/mol. The molecule has 132 valence electrons. The molecule has 0 spiro atoms. The van der Waals surface area contributed by atoms with E-state index in [0.717, 1.165) is 17.9 Å². The molecule has 2 atom stereocenters. The number of rotatable bonds is 8. The van der Waals surface area contributed by atoms with E-state index in [0.29, 0.717) is 11.8 Å². The second-order valence-electron chi connectivity index (χ2n) is 7.61. The van der Waals surface area contributed by atoms with Gasteiger partial charge in [-0.15, -0.1) is 0 Å². The third-order valence-electron chi connectivity index (χ3n) is 5.32. The lowest BCUT2D eigenvalue weighted by atomic mass is 9.91. The van der Waals surface area contributed by atoms with Crippen LogP contribution in [0.4, 0.5) is 0 Å². The Balaban J connectivity index is 3.03. The Hall–Kier alpha value is -1.56. The number of benzene rings is 1. The first-order valence-electron chi connectivity index (χ1n) is 9.41. The van der Waals surface area contributed by atoms with E-state index in [-0.39, 0.29) is 0 Å². The molecule has 0 radical (unpaired) electrons. The van der Waals surface area contributed by atoms with E-state index in [1.54, 1.807) is 0 Å². The summed E-state index contributed by atoms with van der Waals surface area (Å²) in [5, 5.41) is 0. The normalized spacial score (nSPS) is 15.5. The van der Waals surface area contributed by atoms with E-state index in [2.05, 4.69) is 91.5 Å². The minimum absolute atomic E-state index is 0.626. The van der Waals surface area contributed by atoms with Crippen molar-refractivity contribution >= 4 is 5.57 Å². The van der Waals surface area contributed by atoms with E-state index in [4.69, 9.17) is 0 Å².